The molecule has 0 unspecified atom stereocenters. The van der Waals surface area contributed by atoms with E-state index in [4.69, 9.17) is 5.26 Å². The Hall–Kier alpha value is -1.15. The quantitative estimate of drug-likeness (QED) is 0.796. The third-order valence-corrected chi connectivity index (χ3v) is 2.48. The molecule has 15 heavy (non-hydrogen) atoms. The average molecular weight is 231 g/mol. The number of halogens is 3. The molecule has 1 aromatic carbocycles. The maximum Gasteiger partial charge on any atom is 0.441 e. The van der Waals surface area contributed by atoms with E-state index in [9.17, 15) is 13.2 Å². The Kier molecular flexibility index (Phi) is 4.04. The molecule has 0 saturated heterocycles. The molecule has 0 aliphatic heterocycles. The van der Waals surface area contributed by atoms with Crippen LogP contribution in [0.3, 0.4) is 0 Å². The molecule has 1 aromatic rings. The molecular weight excluding hydrogens is 223 g/mol. The number of rotatable bonds is 3. The molecule has 0 N–H and O–H groups in total. The topological polar surface area (TPSA) is 23.8 Å². The average Bonchev–Trinajstić information content (AvgIpc) is 2.17. The zero-order chi connectivity index (χ0) is 11.3. The van der Waals surface area contributed by atoms with Crippen molar-refractivity contribution in [1.29, 1.82) is 5.26 Å². The molecule has 0 heterocycles. The molecule has 0 radical (unpaired) electrons. The fraction of sp³-hybridized carbons (Fsp3) is 0.300. The third kappa shape index (κ3) is 4.75. The predicted octanol–water partition coefficient (Wildman–Crippen LogP) is 3.35. The Morgan fingerprint density at radius 3 is 2.27 bits per heavy atom. The zero-order valence-electron chi connectivity index (χ0n) is 7.71. The van der Waals surface area contributed by atoms with Gasteiger partial charge in [0.1, 0.15) is 0 Å². The molecule has 0 fully saturated rings. The Bertz CT molecular complexity index is 350. The van der Waals surface area contributed by atoms with Crippen LogP contribution in [0.25, 0.3) is 0 Å². The molecule has 0 spiro atoms. The zero-order valence-corrected chi connectivity index (χ0v) is 8.53. The molecule has 0 amide bonds. The van der Waals surface area contributed by atoms with E-state index in [-0.39, 0.29) is 17.5 Å². The van der Waals surface area contributed by atoms with Crippen molar-refractivity contribution in [2.75, 3.05) is 5.75 Å². The van der Waals surface area contributed by atoms with Gasteiger partial charge in [-0.05, 0) is 24.1 Å². The van der Waals surface area contributed by atoms with Crippen LogP contribution in [-0.2, 0) is 6.42 Å². The van der Waals surface area contributed by atoms with Gasteiger partial charge >= 0.3 is 5.51 Å². The van der Waals surface area contributed by atoms with E-state index in [1.54, 1.807) is 24.3 Å². The first-order valence-electron chi connectivity index (χ1n) is 4.21. The Morgan fingerprint density at radius 2 is 1.80 bits per heavy atom. The minimum absolute atomic E-state index is 0.00933. The maximum absolute atomic E-state index is 11.8. The summed E-state index contributed by atoms with van der Waals surface area (Å²) in [6, 6.07) is 8.51. The fourth-order valence-electron chi connectivity index (χ4n) is 1.03. The van der Waals surface area contributed by atoms with Crippen molar-refractivity contribution in [1.82, 2.24) is 0 Å². The number of hydrogen-bond acceptors (Lipinski definition) is 2. The van der Waals surface area contributed by atoms with Crippen molar-refractivity contribution >= 4 is 11.8 Å². The standard InChI is InChI=1S/C10H8F3NS/c11-10(12,13)15-6-5-8-1-3-9(7-14)4-2-8/h1-4H,5-6H2. The highest BCUT2D eigenvalue weighted by molar-refractivity contribution is 8.00. The highest BCUT2D eigenvalue weighted by Gasteiger charge is 2.27. The fourth-order valence-corrected chi connectivity index (χ4v) is 1.60. The van der Waals surface area contributed by atoms with Gasteiger partial charge in [-0.3, -0.25) is 0 Å². The van der Waals surface area contributed by atoms with Crippen molar-refractivity contribution in [2.24, 2.45) is 0 Å². The first kappa shape index (κ1) is 11.9. The van der Waals surface area contributed by atoms with Gasteiger partial charge in [0.25, 0.3) is 0 Å². The summed E-state index contributed by atoms with van der Waals surface area (Å²) < 4.78 is 35.4. The number of nitrogens with zero attached hydrogens (tertiary/aromatic N) is 1. The SMILES string of the molecule is N#Cc1ccc(CCSC(F)(F)F)cc1. The Balaban J connectivity index is 2.42. The lowest BCUT2D eigenvalue weighted by molar-refractivity contribution is -0.0327. The van der Waals surface area contributed by atoms with E-state index in [2.05, 4.69) is 0 Å². The van der Waals surface area contributed by atoms with Crippen LogP contribution in [0.4, 0.5) is 13.2 Å². The van der Waals surface area contributed by atoms with Crippen molar-refractivity contribution in [3.8, 4) is 6.07 Å². The Labute approximate surface area is 89.9 Å². The van der Waals surface area contributed by atoms with Gasteiger partial charge in [-0.2, -0.15) is 18.4 Å². The van der Waals surface area contributed by atoms with E-state index >= 15 is 0 Å². The molecule has 0 atom stereocenters. The highest BCUT2D eigenvalue weighted by Crippen LogP contribution is 2.30. The molecule has 1 rings (SSSR count). The van der Waals surface area contributed by atoms with Crippen LogP contribution >= 0.6 is 11.8 Å². The molecule has 0 saturated carbocycles. The summed E-state index contributed by atoms with van der Waals surface area (Å²) in [4.78, 5) is 0. The molecule has 0 bridgehead atoms. The minimum atomic E-state index is -4.16. The molecule has 0 aromatic heterocycles. The second-order valence-electron chi connectivity index (χ2n) is 2.85. The van der Waals surface area contributed by atoms with Gasteiger partial charge in [0.05, 0.1) is 11.6 Å². The van der Waals surface area contributed by atoms with Gasteiger partial charge < -0.3 is 0 Å². The van der Waals surface area contributed by atoms with E-state index in [0.29, 0.717) is 12.0 Å². The number of alkyl halides is 3. The molecule has 80 valence electrons. The van der Waals surface area contributed by atoms with Gasteiger partial charge in [0, 0.05) is 5.75 Å². The van der Waals surface area contributed by atoms with E-state index in [1.807, 2.05) is 6.07 Å². The normalized spacial score (nSPS) is 11.1. The molecular formula is C10H8F3NS. The van der Waals surface area contributed by atoms with Gasteiger partial charge in [-0.1, -0.05) is 23.9 Å². The summed E-state index contributed by atoms with van der Waals surface area (Å²) in [5.74, 6) is 0.00933. The number of thioether (sulfide) groups is 1. The summed E-state index contributed by atoms with van der Waals surface area (Å²) in [5.41, 5.74) is -2.83. The van der Waals surface area contributed by atoms with E-state index in [1.165, 1.54) is 0 Å². The molecule has 0 aliphatic rings. The summed E-state index contributed by atoms with van der Waals surface area (Å²) in [7, 11) is 0. The number of nitriles is 1. The monoisotopic (exact) mass is 231 g/mol. The summed E-state index contributed by atoms with van der Waals surface area (Å²) >= 11 is -0.0267. The maximum atomic E-state index is 11.8. The first-order chi connectivity index (χ1) is 7.01. The van der Waals surface area contributed by atoms with Gasteiger partial charge in [0.2, 0.25) is 0 Å². The third-order valence-electron chi connectivity index (χ3n) is 1.74. The van der Waals surface area contributed by atoms with Crippen LogP contribution in [0.2, 0.25) is 0 Å². The predicted molar refractivity (Wildman–Crippen MR) is 53.4 cm³/mol. The first-order valence-corrected chi connectivity index (χ1v) is 5.19. The number of hydrogen-bond donors (Lipinski definition) is 0. The lowest BCUT2D eigenvalue weighted by atomic mass is 10.1. The molecule has 5 heteroatoms. The molecule has 0 aliphatic carbocycles. The van der Waals surface area contributed by atoms with E-state index in [0.717, 1.165) is 5.56 Å². The van der Waals surface area contributed by atoms with Crippen molar-refractivity contribution in [3.63, 3.8) is 0 Å². The highest BCUT2D eigenvalue weighted by atomic mass is 32.2. The van der Waals surface area contributed by atoms with Crippen LogP contribution in [0.15, 0.2) is 24.3 Å². The van der Waals surface area contributed by atoms with Crippen molar-refractivity contribution < 1.29 is 13.2 Å². The lowest BCUT2D eigenvalue weighted by Gasteiger charge is -2.05. The van der Waals surface area contributed by atoms with Crippen LogP contribution in [-0.4, -0.2) is 11.3 Å². The van der Waals surface area contributed by atoms with Crippen molar-refractivity contribution in [2.45, 2.75) is 11.9 Å². The summed E-state index contributed by atoms with van der Waals surface area (Å²) in [6.45, 7) is 0. The molecule has 1 nitrogen and oxygen atoms in total. The van der Waals surface area contributed by atoms with Crippen LogP contribution in [0.5, 0.6) is 0 Å². The van der Waals surface area contributed by atoms with Crippen LogP contribution in [0.1, 0.15) is 11.1 Å². The minimum Gasteiger partial charge on any atom is -0.192 e. The second kappa shape index (κ2) is 5.08. The van der Waals surface area contributed by atoms with Crippen molar-refractivity contribution in [3.05, 3.63) is 35.4 Å². The largest absolute Gasteiger partial charge is 0.441 e. The van der Waals surface area contributed by atoms with Gasteiger partial charge in [0.15, 0.2) is 0 Å². The van der Waals surface area contributed by atoms with Crippen LogP contribution < -0.4 is 0 Å². The van der Waals surface area contributed by atoms with Gasteiger partial charge in [-0.15, -0.1) is 0 Å². The van der Waals surface area contributed by atoms with Crippen LogP contribution in [0, 0.1) is 11.3 Å². The smallest absolute Gasteiger partial charge is 0.192 e. The van der Waals surface area contributed by atoms with Gasteiger partial charge in [-0.25, -0.2) is 0 Å². The summed E-state index contributed by atoms with van der Waals surface area (Å²) in [6.07, 6.45) is 0.357. The summed E-state index contributed by atoms with van der Waals surface area (Å²) in [5, 5.41) is 8.51. The number of aryl methyl sites for hydroxylation is 1. The lowest BCUT2D eigenvalue weighted by Crippen LogP contribution is -2.02. The van der Waals surface area contributed by atoms with E-state index < -0.39 is 5.51 Å². The second-order valence-corrected chi connectivity index (χ2v) is 4.01. The number of benzene rings is 1. The Morgan fingerprint density at radius 1 is 1.20 bits per heavy atom.